The smallest absolute Gasteiger partial charge is 0.243 e. The number of benzene rings is 3. The number of aromatic nitrogens is 2. The lowest BCUT2D eigenvalue weighted by atomic mass is 9.87. The van der Waals surface area contributed by atoms with E-state index in [1.54, 1.807) is 25.3 Å². The molecule has 3 N–H and O–H groups in total. The number of aromatic amines is 1. The average Bonchev–Trinajstić information content (AvgIpc) is 3.33. The highest BCUT2D eigenvalue weighted by molar-refractivity contribution is 6.00. The Kier molecular flexibility index (Phi) is 9.43. The molecule has 0 fully saturated rings. The van der Waals surface area contributed by atoms with Gasteiger partial charge in [0.1, 0.15) is 5.75 Å². The first-order valence-electron chi connectivity index (χ1n) is 12.8. The summed E-state index contributed by atoms with van der Waals surface area (Å²) >= 11 is 0. The van der Waals surface area contributed by atoms with E-state index in [1.165, 1.54) is 0 Å². The molecule has 1 heterocycles. The third-order valence-electron chi connectivity index (χ3n) is 6.27. The van der Waals surface area contributed by atoms with Crippen LogP contribution in [0.2, 0.25) is 0 Å². The van der Waals surface area contributed by atoms with Crippen molar-refractivity contribution in [3.63, 3.8) is 0 Å². The Morgan fingerprint density at radius 3 is 2.53 bits per heavy atom. The van der Waals surface area contributed by atoms with Crippen LogP contribution in [0.4, 0.5) is 4.39 Å². The van der Waals surface area contributed by atoms with Crippen LogP contribution in [-0.2, 0) is 4.79 Å². The first kappa shape index (κ1) is 26.8. The molecule has 6 nitrogen and oxygen atoms in total. The second-order valence-electron chi connectivity index (χ2n) is 8.85. The van der Waals surface area contributed by atoms with Crippen molar-refractivity contribution in [1.29, 1.82) is 0 Å². The van der Waals surface area contributed by atoms with E-state index in [2.05, 4.69) is 15.5 Å². The van der Waals surface area contributed by atoms with Gasteiger partial charge in [0.05, 0.1) is 17.5 Å². The lowest BCUT2D eigenvalue weighted by Crippen LogP contribution is -2.13. The van der Waals surface area contributed by atoms with Gasteiger partial charge in [0.15, 0.2) is 0 Å². The maximum Gasteiger partial charge on any atom is 0.243 e. The van der Waals surface area contributed by atoms with Crippen molar-refractivity contribution in [2.24, 2.45) is 0 Å². The molecule has 1 aromatic heterocycles. The number of ether oxygens (including phenoxy) is 1. The Balaban J connectivity index is 1.58. The number of nitrogens with one attached hydrogen (secondary N) is 2. The van der Waals surface area contributed by atoms with Crippen molar-refractivity contribution < 1.29 is 19.0 Å². The van der Waals surface area contributed by atoms with Gasteiger partial charge in [-0.25, -0.2) is 0 Å². The summed E-state index contributed by atoms with van der Waals surface area (Å²) in [6.07, 6.45) is 6.47. The predicted octanol–water partition coefficient (Wildman–Crippen LogP) is 5.89. The molecule has 0 spiro atoms. The SMILES string of the molecule is CNC(=O)/C=C/CCCCOc1ccc(/C(=C(/CCO)c2ccccc2)c2ccc3n[nH]c(F)c3c2)cc1. The number of allylic oxidation sites excluding steroid dienone is 1. The number of aliphatic hydroxyl groups is 1. The topological polar surface area (TPSA) is 87.2 Å². The van der Waals surface area contributed by atoms with Crippen molar-refractivity contribution in [1.82, 2.24) is 15.5 Å². The van der Waals surface area contributed by atoms with Crippen LogP contribution >= 0.6 is 0 Å². The zero-order valence-corrected chi connectivity index (χ0v) is 21.4. The number of amides is 1. The van der Waals surface area contributed by atoms with E-state index in [4.69, 9.17) is 4.74 Å². The quantitative estimate of drug-likeness (QED) is 0.125. The van der Waals surface area contributed by atoms with E-state index in [0.29, 0.717) is 23.9 Å². The van der Waals surface area contributed by atoms with Crippen molar-refractivity contribution in [2.45, 2.75) is 25.7 Å². The molecular formula is C31H32FN3O3. The Hall–Kier alpha value is -4.23. The summed E-state index contributed by atoms with van der Waals surface area (Å²) in [6, 6.07) is 23.3. The molecule has 0 saturated carbocycles. The number of unbranched alkanes of at least 4 members (excludes halogenated alkanes) is 2. The van der Waals surface area contributed by atoms with Crippen molar-refractivity contribution in [2.75, 3.05) is 20.3 Å². The normalized spacial score (nSPS) is 12.1. The average molecular weight is 514 g/mol. The van der Waals surface area contributed by atoms with E-state index in [1.807, 2.05) is 66.7 Å². The zero-order chi connectivity index (χ0) is 26.7. The van der Waals surface area contributed by atoms with Crippen LogP contribution in [0.5, 0.6) is 5.75 Å². The number of aliphatic hydroxyl groups excluding tert-OH is 1. The molecule has 0 bridgehead atoms. The molecule has 4 aromatic rings. The molecule has 4 rings (SSSR count). The van der Waals surface area contributed by atoms with Crippen LogP contribution in [0.1, 0.15) is 42.4 Å². The lowest BCUT2D eigenvalue weighted by Gasteiger charge is -2.17. The number of fused-ring (bicyclic) bond motifs is 1. The molecule has 0 aliphatic carbocycles. The second-order valence-corrected chi connectivity index (χ2v) is 8.85. The first-order valence-corrected chi connectivity index (χ1v) is 12.8. The summed E-state index contributed by atoms with van der Waals surface area (Å²) in [7, 11) is 1.61. The maximum absolute atomic E-state index is 14.4. The molecule has 38 heavy (non-hydrogen) atoms. The molecule has 0 atom stereocenters. The van der Waals surface area contributed by atoms with Gasteiger partial charge in [0, 0.05) is 13.7 Å². The van der Waals surface area contributed by atoms with Gasteiger partial charge in [0.25, 0.3) is 0 Å². The molecule has 196 valence electrons. The summed E-state index contributed by atoms with van der Waals surface area (Å²) in [5.41, 5.74) is 5.21. The Morgan fingerprint density at radius 2 is 1.79 bits per heavy atom. The van der Waals surface area contributed by atoms with Crippen LogP contribution < -0.4 is 10.1 Å². The number of hydrogen-bond acceptors (Lipinski definition) is 4. The van der Waals surface area contributed by atoms with Crippen LogP contribution in [0.15, 0.2) is 84.9 Å². The summed E-state index contributed by atoms with van der Waals surface area (Å²) in [5, 5.41) is 19.3. The van der Waals surface area contributed by atoms with Gasteiger partial charge in [0.2, 0.25) is 11.9 Å². The van der Waals surface area contributed by atoms with Gasteiger partial charge in [-0.3, -0.25) is 9.89 Å². The number of nitrogens with zero attached hydrogens (tertiary/aromatic N) is 1. The van der Waals surface area contributed by atoms with Crippen LogP contribution in [-0.4, -0.2) is 41.5 Å². The monoisotopic (exact) mass is 513 g/mol. The van der Waals surface area contributed by atoms with Crippen LogP contribution in [0, 0.1) is 5.95 Å². The van der Waals surface area contributed by atoms with Gasteiger partial charge in [-0.2, -0.15) is 9.49 Å². The van der Waals surface area contributed by atoms with Crippen molar-refractivity contribution in [3.8, 4) is 5.75 Å². The van der Waals surface area contributed by atoms with E-state index >= 15 is 0 Å². The number of likely N-dealkylation sites (N-methyl/N-ethyl adjacent to an activating group) is 1. The van der Waals surface area contributed by atoms with Crippen LogP contribution in [0.3, 0.4) is 0 Å². The highest BCUT2D eigenvalue weighted by Crippen LogP contribution is 2.36. The van der Waals surface area contributed by atoms with Crippen molar-refractivity contribution in [3.05, 3.63) is 108 Å². The summed E-state index contributed by atoms with van der Waals surface area (Å²) < 4.78 is 20.3. The lowest BCUT2D eigenvalue weighted by molar-refractivity contribution is -0.116. The minimum atomic E-state index is -0.475. The number of halogens is 1. The number of carbonyl (C=O) groups excluding carboxylic acids is 1. The number of H-pyrrole nitrogens is 1. The van der Waals surface area contributed by atoms with Gasteiger partial charge >= 0.3 is 0 Å². The second kappa shape index (κ2) is 13.4. The molecule has 0 saturated heterocycles. The zero-order valence-electron chi connectivity index (χ0n) is 21.4. The number of carbonyl (C=O) groups is 1. The van der Waals surface area contributed by atoms with E-state index in [9.17, 15) is 14.3 Å². The fourth-order valence-corrected chi connectivity index (χ4v) is 4.36. The third kappa shape index (κ3) is 6.75. The largest absolute Gasteiger partial charge is 0.494 e. The Labute approximate surface area is 221 Å². The van der Waals surface area contributed by atoms with Gasteiger partial charge in [-0.15, -0.1) is 0 Å². The fourth-order valence-electron chi connectivity index (χ4n) is 4.36. The Bertz CT molecular complexity index is 1410. The molecule has 0 radical (unpaired) electrons. The first-order chi connectivity index (χ1) is 18.6. The van der Waals surface area contributed by atoms with Crippen molar-refractivity contribution >= 4 is 28.0 Å². The van der Waals surface area contributed by atoms with E-state index in [0.717, 1.165) is 52.8 Å². The van der Waals surface area contributed by atoms with Gasteiger partial charge in [-0.05, 0) is 83.9 Å². The molecule has 1 amide bonds. The number of rotatable bonds is 12. The minimum Gasteiger partial charge on any atom is -0.494 e. The molecule has 7 heteroatoms. The maximum atomic E-state index is 14.4. The van der Waals surface area contributed by atoms with Gasteiger partial charge in [-0.1, -0.05) is 54.6 Å². The highest BCUT2D eigenvalue weighted by atomic mass is 19.1. The van der Waals surface area contributed by atoms with E-state index < -0.39 is 5.95 Å². The number of hydrogen-bond donors (Lipinski definition) is 3. The minimum absolute atomic E-state index is 0.0183. The standard InChI is InChI=1S/C31H32FN3O3/c1-33-29(37)11-7-2-3-8-20-38-25-15-12-23(13-16-25)30(26(18-19-36)22-9-5-4-6-10-22)24-14-17-28-27(21-24)31(32)35-34-28/h4-7,9-17,21,36H,2-3,8,18-20H2,1H3,(H,33,37)(H,34,35)/b11-7+,30-26+. The predicted molar refractivity (Wildman–Crippen MR) is 149 cm³/mol. The Morgan fingerprint density at radius 1 is 1.03 bits per heavy atom. The van der Waals surface area contributed by atoms with Gasteiger partial charge < -0.3 is 15.2 Å². The highest BCUT2D eigenvalue weighted by Gasteiger charge is 2.16. The molecular weight excluding hydrogens is 481 g/mol. The summed E-state index contributed by atoms with van der Waals surface area (Å²) in [6.45, 7) is 0.557. The molecule has 0 unspecified atom stereocenters. The molecule has 0 aliphatic heterocycles. The van der Waals surface area contributed by atoms with Crippen LogP contribution in [0.25, 0.3) is 22.0 Å². The van der Waals surface area contributed by atoms with E-state index in [-0.39, 0.29) is 12.5 Å². The molecule has 3 aromatic carbocycles. The summed E-state index contributed by atoms with van der Waals surface area (Å²) in [4.78, 5) is 11.2. The molecule has 0 aliphatic rings. The summed E-state index contributed by atoms with van der Waals surface area (Å²) in [5.74, 6) is 0.185. The fraction of sp³-hybridized carbons (Fsp3) is 0.226. The third-order valence-corrected chi connectivity index (χ3v) is 6.27.